The Labute approximate surface area is 107 Å². The van der Waals surface area contributed by atoms with Crippen LogP contribution in [0.3, 0.4) is 0 Å². The van der Waals surface area contributed by atoms with Crippen molar-refractivity contribution in [3.05, 3.63) is 23.8 Å². The highest BCUT2D eigenvalue weighted by atomic mass is 16.5. The predicted octanol–water partition coefficient (Wildman–Crippen LogP) is 1.61. The first-order valence-electron chi connectivity index (χ1n) is 5.70. The molecule has 0 amide bonds. The van der Waals surface area contributed by atoms with Gasteiger partial charge in [-0.25, -0.2) is 0 Å². The van der Waals surface area contributed by atoms with Gasteiger partial charge in [0.2, 0.25) is 0 Å². The van der Waals surface area contributed by atoms with Crippen LogP contribution in [0.1, 0.15) is 24.8 Å². The molecule has 0 radical (unpaired) electrons. The van der Waals surface area contributed by atoms with Crippen molar-refractivity contribution in [3.8, 4) is 11.5 Å². The molecule has 0 saturated carbocycles. The summed E-state index contributed by atoms with van der Waals surface area (Å²) in [6.07, 6.45) is 0.346. The minimum absolute atomic E-state index is 0.0267. The Morgan fingerprint density at radius 3 is 2.56 bits per heavy atom. The third-order valence-electron chi connectivity index (χ3n) is 2.89. The first-order valence-corrected chi connectivity index (χ1v) is 5.70. The second-order valence-electron chi connectivity index (χ2n) is 4.16. The molecule has 5 nitrogen and oxygen atoms in total. The molecule has 0 spiro atoms. The Kier molecular flexibility index (Phi) is 4.97. The quantitative estimate of drug-likeness (QED) is 0.805. The smallest absolute Gasteiger partial charge is 0.320 e. The number of nitrogens with two attached hydrogens (primary N) is 1. The number of methoxy groups -OCH3 is 2. The highest BCUT2D eigenvalue weighted by Gasteiger charge is 2.20. The molecule has 5 heteroatoms. The number of hydrogen-bond donors (Lipinski definition) is 2. The summed E-state index contributed by atoms with van der Waals surface area (Å²) in [6.45, 7) is 1.92. The lowest BCUT2D eigenvalue weighted by molar-refractivity contribution is -0.138. The van der Waals surface area contributed by atoms with E-state index in [1.54, 1.807) is 20.3 Å². The van der Waals surface area contributed by atoms with Crippen LogP contribution in [0, 0.1) is 0 Å². The summed E-state index contributed by atoms with van der Waals surface area (Å²) in [5.74, 6) is 0.237. The largest absolute Gasteiger partial charge is 0.493 e. The van der Waals surface area contributed by atoms with E-state index in [2.05, 4.69) is 0 Å². The Morgan fingerprint density at radius 2 is 2.06 bits per heavy atom. The maximum absolute atomic E-state index is 10.8. The summed E-state index contributed by atoms with van der Waals surface area (Å²) in [6, 6.07) is 4.66. The number of benzene rings is 1. The molecule has 2 atom stereocenters. The molecule has 0 bridgehead atoms. The molecule has 3 N–H and O–H groups in total. The monoisotopic (exact) mass is 253 g/mol. The summed E-state index contributed by atoms with van der Waals surface area (Å²) >= 11 is 0. The molecule has 18 heavy (non-hydrogen) atoms. The van der Waals surface area contributed by atoms with Gasteiger partial charge in [-0.15, -0.1) is 0 Å². The highest BCUT2D eigenvalue weighted by Crippen LogP contribution is 2.36. The number of hydrogen-bond acceptors (Lipinski definition) is 4. The van der Waals surface area contributed by atoms with Crippen LogP contribution in [-0.2, 0) is 4.79 Å². The first kappa shape index (κ1) is 14.3. The topological polar surface area (TPSA) is 81.8 Å². The molecule has 0 fully saturated rings. The molecule has 2 unspecified atom stereocenters. The summed E-state index contributed by atoms with van der Waals surface area (Å²) < 4.78 is 10.5. The SMILES string of the molecule is COc1cccc(C(C)CC(N)C(=O)O)c1OC. The number of ether oxygens (including phenoxy) is 2. The Balaban J connectivity index is 2.98. The van der Waals surface area contributed by atoms with E-state index in [1.165, 1.54) is 0 Å². The molecule has 0 heterocycles. The van der Waals surface area contributed by atoms with Gasteiger partial charge < -0.3 is 20.3 Å². The zero-order valence-electron chi connectivity index (χ0n) is 10.8. The second-order valence-corrected chi connectivity index (χ2v) is 4.16. The molecular weight excluding hydrogens is 234 g/mol. The number of aliphatic carboxylic acids is 1. The fourth-order valence-corrected chi connectivity index (χ4v) is 1.91. The minimum atomic E-state index is -0.997. The summed E-state index contributed by atoms with van der Waals surface area (Å²) in [5.41, 5.74) is 6.44. The predicted molar refractivity (Wildman–Crippen MR) is 68.2 cm³/mol. The molecular formula is C13H19NO4. The fourth-order valence-electron chi connectivity index (χ4n) is 1.91. The van der Waals surface area contributed by atoms with Gasteiger partial charge in [0.05, 0.1) is 14.2 Å². The number of carbonyl (C=O) groups is 1. The van der Waals surface area contributed by atoms with E-state index in [0.717, 1.165) is 5.56 Å². The van der Waals surface area contributed by atoms with Gasteiger partial charge in [-0.3, -0.25) is 4.79 Å². The van der Waals surface area contributed by atoms with Crippen molar-refractivity contribution in [2.45, 2.75) is 25.3 Å². The van der Waals surface area contributed by atoms with Crippen molar-refractivity contribution in [2.24, 2.45) is 5.73 Å². The average Bonchev–Trinajstić information content (AvgIpc) is 2.37. The maximum atomic E-state index is 10.8. The van der Waals surface area contributed by atoms with Crippen LogP contribution in [-0.4, -0.2) is 31.3 Å². The lowest BCUT2D eigenvalue weighted by atomic mass is 9.93. The van der Waals surface area contributed by atoms with Crippen molar-refractivity contribution < 1.29 is 19.4 Å². The Bertz CT molecular complexity index is 419. The van der Waals surface area contributed by atoms with E-state index in [9.17, 15) is 4.79 Å². The highest BCUT2D eigenvalue weighted by molar-refractivity contribution is 5.73. The van der Waals surface area contributed by atoms with Crippen LogP contribution in [0.2, 0.25) is 0 Å². The van der Waals surface area contributed by atoms with Gasteiger partial charge in [0.15, 0.2) is 11.5 Å². The summed E-state index contributed by atoms with van der Waals surface area (Å²) in [4.78, 5) is 10.8. The standard InChI is InChI=1S/C13H19NO4/c1-8(7-10(14)13(15)16)9-5-4-6-11(17-2)12(9)18-3/h4-6,8,10H,7,14H2,1-3H3,(H,15,16). The first-order chi connectivity index (χ1) is 8.51. The van der Waals surface area contributed by atoms with Gasteiger partial charge in [0.1, 0.15) is 6.04 Å². The fraction of sp³-hybridized carbons (Fsp3) is 0.462. The van der Waals surface area contributed by atoms with Crippen molar-refractivity contribution in [3.63, 3.8) is 0 Å². The van der Waals surface area contributed by atoms with Gasteiger partial charge in [-0.05, 0) is 18.4 Å². The third kappa shape index (κ3) is 3.13. The van der Waals surface area contributed by atoms with Gasteiger partial charge in [-0.1, -0.05) is 19.1 Å². The van der Waals surface area contributed by atoms with Gasteiger partial charge in [0.25, 0.3) is 0 Å². The van der Waals surface area contributed by atoms with E-state index >= 15 is 0 Å². The van der Waals surface area contributed by atoms with Gasteiger partial charge in [-0.2, -0.15) is 0 Å². The van der Waals surface area contributed by atoms with E-state index < -0.39 is 12.0 Å². The molecule has 0 aliphatic carbocycles. The molecule has 0 saturated heterocycles. The molecule has 1 rings (SSSR count). The van der Waals surface area contributed by atoms with E-state index in [0.29, 0.717) is 17.9 Å². The van der Waals surface area contributed by atoms with Gasteiger partial charge in [0, 0.05) is 5.56 Å². The van der Waals surface area contributed by atoms with E-state index in [-0.39, 0.29) is 5.92 Å². The van der Waals surface area contributed by atoms with Crippen molar-refractivity contribution >= 4 is 5.97 Å². The zero-order valence-corrected chi connectivity index (χ0v) is 10.8. The number of carboxylic acids is 1. The second kappa shape index (κ2) is 6.26. The van der Waals surface area contributed by atoms with Crippen molar-refractivity contribution in [1.82, 2.24) is 0 Å². The van der Waals surface area contributed by atoms with Crippen LogP contribution < -0.4 is 15.2 Å². The molecule has 0 aromatic heterocycles. The van der Waals surface area contributed by atoms with Crippen LogP contribution in [0.4, 0.5) is 0 Å². The van der Waals surface area contributed by atoms with Crippen LogP contribution in [0.15, 0.2) is 18.2 Å². The van der Waals surface area contributed by atoms with Crippen LogP contribution >= 0.6 is 0 Å². The van der Waals surface area contributed by atoms with E-state index in [4.69, 9.17) is 20.3 Å². The summed E-state index contributed by atoms with van der Waals surface area (Å²) in [5, 5.41) is 8.82. The van der Waals surface area contributed by atoms with E-state index in [1.807, 2.05) is 19.1 Å². The molecule has 0 aliphatic heterocycles. The zero-order chi connectivity index (χ0) is 13.7. The Morgan fingerprint density at radius 1 is 1.39 bits per heavy atom. The number of carboxylic acid groups (broad SMARTS) is 1. The lowest BCUT2D eigenvalue weighted by Gasteiger charge is -2.19. The molecule has 1 aromatic carbocycles. The summed E-state index contributed by atoms with van der Waals surface area (Å²) in [7, 11) is 3.13. The third-order valence-corrected chi connectivity index (χ3v) is 2.89. The molecule has 1 aromatic rings. The normalized spacial score (nSPS) is 13.8. The molecule has 100 valence electrons. The van der Waals surface area contributed by atoms with Gasteiger partial charge >= 0.3 is 5.97 Å². The maximum Gasteiger partial charge on any atom is 0.320 e. The Hall–Kier alpha value is -1.75. The van der Waals surface area contributed by atoms with Crippen molar-refractivity contribution in [2.75, 3.05) is 14.2 Å². The van der Waals surface area contributed by atoms with Crippen LogP contribution in [0.5, 0.6) is 11.5 Å². The number of para-hydroxylation sites is 1. The molecule has 0 aliphatic rings. The van der Waals surface area contributed by atoms with Crippen molar-refractivity contribution in [1.29, 1.82) is 0 Å². The van der Waals surface area contributed by atoms with Crippen LogP contribution in [0.25, 0.3) is 0 Å². The number of rotatable bonds is 6. The average molecular weight is 253 g/mol. The lowest BCUT2D eigenvalue weighted by Crippen LogP contribution is -2.31. The minimum Gasteiger partial charge on any atom is -0.493 e.